The quantitative estimate of drug-likeness (QED) is 0.521. The van der Waals surface area contributed by atoms with Crippen LogP contribution in [0.5, 0.6) is 0 Å². The van der Waals surface area contributed by atoms with E-state index >= 15 is 0 Å². The Labute approximate surface area is 106 Å². The van der Waals surface area contributed by atoms with E-state index in [1.807, 2.05) is 0 Å². The first kappa shape index (κ1) is 14.4. The molecule has 1 rings (SSSR count). The molecule has 0 bridgehead atoms. The minimum Gasteiger partial charge on any atom is -0.481 e. The maximum atomic E-state index is 11.4. The van der Waals surface area contributed by atoms with Gasteiger partial charge in [0, 0.05) is 18.7 Å². The Hall–Kier alpha value is -2.71. The van der Waals surface area contributed by atoms with E-state index in [1.54, 1.807) is 0 Å². The number of nitro groups is 1. The second-order valence-electron chi connectivity index (χ2n) is 3.60. The van der Waals surface area contributed by atoms with Gasteiger partial charge in [-0.25, -0.2) is 0 Å². The molecule has 0 atom stereocenters. The van der Waals surface area contributed by atoms with Gasteiger partial charge in [0.05, 0.1) is 17.5 Å². The van der Waals surface area contributed by atoms with E-state index in [2.05, 4.69) is 5.32 Å². The molecule has 1 heterocycles. The number of carboxylic acids is 1. The lowest BCUT2D eigenvalue weighted by molar-refractivity contribution is -0.385. The lowest BCUT2D eigenvalue weighted by atomic mass is 10.4. The summed E-state index contributed by atoms with van der Waals surface area (Å²) in [4.78, 5) is 42.8. The molecule has 0 aliphatic carbocycles. The molecule has 0 aliphatic heterocycles. The van der Waals surface area contributed by atoms with E-state index in [0.29, 0.717) is 0 Å². The number of amides is 1. The summed E-state index contributed by atoms with van der Waals surface area (Å²) in [5.74, 6) is -1.66. The topological polar surface area (TPSA) is 132 Å². The van der Waals surface area contributed by atoms with Gasteiger partial charge >= 0.3 is 5.97 Å². The number of carbonyl (C=O) groups excluding carboxylic acids is 1. The van der Waals surface area contributed by atoms with Crippen LogP contribution in [0.1, 0.15) is 6.42 Å². The number of carboxylic acid groups (broad SMARTS) is 1. The highest BCUT2D eigenvalue weighted by molar-refractivity contribution is 5.76. The number of nitrogens with one attached hydrogen (secondary N) is 1. The van der Waals surface area contributed by atoms with Gasteiger partial charge in [0.15, 0.2) is 0 Å². The molecule has 9 nitrogen and oxygen atoms in total. The van der Waals surface area contributed by atoms with Crippen molar-refractivity contribution in [3.05, 3.63) is 38.8 Å². The summed E-state index contributed by atoms with van der Waals surface area (Å²) in [6.45, 7) is -0.474. The van der Waals surface area contributed by atoms with Crippen LogP contribution in [0.25, 0.3) is 0 Å². The molecule has 0 fully saturated rings. The Morgan fingerprint density at radius 3 is 2.68 bits per heavy atom. The first-order chi connectivity index (χ1) is 8.90. The van der Waals surface area contributed by atoms with Gasteiger partial charge in [-0.05, 0) is 0 Å². The molecular formula is C10H11N3O6. The number of carbonyl (C=O) groups is 2. The zero-order valence-corrected chi connectivity index (χ0v) is 9.74. The van der Waals surface area contributed by atoms with Crippen LogP contribution in [0.2, 0.25) is 0 Å². The average Bonchev–Trinajstić information content (AvgIpc) is 2.31. The molecule has 9 heteroatoms. The van der Waals surface area contributed by atoms with Crippen molar-refractivity contribution >= 4 is 17.6 Å². The SMILES string of the molecule is O=C(O)CCNC(=O)Cn1cc([N+](=O)[O-])ccc1=O. The van der Waals surface area contributed by atoms with Crippen molar-refractivity contribution in [2.75, 3.05) is 6.54 Å². The second-order valence-corrected chi connectivity index (χ2v) is 3.60. The molecule has 0 spiro atoms. The predicted molar refractivity (Wildman–Crippen MR) is 62.6 cm³/mol. The number of aromatic nitrogens is 1. The molecule has 0 radical (unpaired) electrons. The monoisotopic (exact) mass is 269 g/mol. The van der Waals surface area contributed by atoms with Gasteiger partial charge in [0.1, 0.15) is 6.54 Å². The van der Waals surface area contributed by atoms with E-state index in [1.165, 1.54) is 0 Å². The van der Waals surface area contributed by atoms with Crippen molar-refractivity contribution in [3.63, 3.8) is 0 Å². The van der Waals surface area contributed by atoms with Crippen molar-refractivity contribution in [2.45, 2.75) is 13.0 Å². The minimum absolute atomic E-state index is 0.0716. The summed E-state index contributed by atoms with van der Waals surface area (Å²) < 4.78 is 0.883. The van der Waals surface area contributed by atoms with Crippen LogP contribution in [-0.2, 0) is 16.1 Å². The van der Waals surface area contributed by atoms with Crippen molar-refractivity contribution in [2.24, 2.45) is 0 Å². The normalized spacial score (nSPS) is 9.89. The third kappa shape index (κ3) is 4.58. The first-order valence-corrected chi connectivity index (χ1v) is 5.23. The van der Waals surface area contributed by atoms with Crippen LogP contribution >= 0.6 is 0 Å². The molecule has 1 aromatic rings. The van der Waals surface area contributed by atoms with Crippen molar-refractivity contribution < 1.29 is 19.6 Å². The van der Waals surface area contributed by atoms with E-state index in [0.717, 1.165) is 22.9 Å². The Kier molecular flexibility index (Phi) is 4.75. The van der Waals surface area contributed by atoms with Crippen LogP contribution < -0.4 is 10.9 Å². The van der Waals surface area contributed by atoms with E-state index in [9.17, 15) is 24.5 Å². The highest BCUT2D eigenvalue weighted by atomic mass is 16.6. The Morgan fingerprint density at radius 2 is 2.11 bits per heavy atom. The predicted octanol–water partition coefficient (Wildman–Crippen LogP) is -0.653. The van der Waals surface area contributed by atoms with Gasteiger partial charge in [-0.1, -0.05) is 0 Å². The largest absolute Gasteiger partial charge is 0.481 e. The van der Waals surface area contributed by atoms with Gasteiger partial charge in [-0.2, -0.15) is 0 Å². The number of aliphatic carboxylic acids is 1. The van der Waals surface area contributed by atoms with Crippen molar-refractivity contribution in [3.8, 4) is 0 Å². The summed E-state index contributed by atoms with van der Waals surface area (Å²) in [6, 6.07) is 2.03. The number of hydrogen-bond acceptors (Lipinski definition) is 5. The van der Waals surface area contributed by atoms with Gasteiger partial charge in [0.25, 0.3) is 11.2 Å². The first-order valence-electron chi connectivity index (χ1n) is 5.23. The molecule has 1 aromatic heterocycles. The summed E-state index contributed by atoms with van der Waals surface area (Å²) in [5.41, 5.74) is -0.864. The van der Waals surface area contributed by atoms with E-state index in [-0.39, 0.29) is 18.7 Å². The lowest BCUT2D eigenvalue weighted by Crippen LogP contribution is -2.33. The fraction of sp³-hybridized carbons (Fsp3) is 0.300. The number of nitrogens with zero attached hydrogens (tertiary/aromatic N) is 2. The van der Waals surface area contributed by atoms with Crippen LogP contribution in [0, 0.1) is 10.1 Å². The second kappa shape index (κ2) is 6.28. The standard InChI is InChI=1S/C10H11N3O6/c14-8(11-4-3-10(16)17)6-12-5-7(13(18)19)1-2-9(12)15/h1-2,5H,3-4,6H2,(H,11,14)(H,16,17). The number of rotatable bonds is 6. The van der Waals surface area contributed by atoms with E-state index in [4.69, 9.17) is 5.11 Å². The van der Waals surface area contributed by atoms with Crippen LogP contribution in [0.15, 0.2) is 23.1 Å². The molecule has 0 saturated carbocycles. The summed E-state index contributed by atoms with van der Waals surface area (Å²) in [5, 5.41) is 21.2. The highest BCUT2D eigenvalue weighted by Gasteiger charge is 2.10. The van der Waals surface area contributed by atoms with Crippen molar-refractivity contribution in [1.82, 2.24) is 9.88 Å². The van der Waals surface area contributed by atoms with Crippen LogP contribution in [0.4, 0.5) is 5.69 Å². The molecule has 2 N–H and O–H groups in total. The fourth-order valence-electron chi connectivity index (χ4n) is 1.27. The Bertz CT molecular complexity index is 565. The molecular weight excluding hydrogens is 258 g/mol. The molecule has 1 amide bonds. The average molecular weight is 269 g/mol. The summed E-state index contributed by atoms with van der Waals surface area (Å²) in [6.07, 6.45) is 0.717. The van der Waals surface area contributed by atoms with Gasteiger partial charge in [0.2, 0.25) is 5.91 Å². The fourth-order valence-corrected chi connectivity index (χ4v) is 1.27. The van der Waals surface area contributed by atoms with Crippen LogP contribution in [-0.4, -0.2) is 33.0 Å². The molecule has 0 saturated heterocycles. The van der Waals surface area contributed by atoms with Crippen LogP contribution in [0.3, 0.4) is 0 Å². The third-order valence-electron chi connectivity index (χ3n) is 2.15. The van der Waals surface area contributed by atoms with Gasteiger partial charge < -0.3 is 10.4 Å². The zero-order valence-electron chi connectivity index (χ0n) is 9.74. The molecule has 102 valence electrons. The highest BCUT2D eigenvalue weighted by Crippen LogP contribution is 2.05. The molecule has 0 aliphatic rings. The van der Waals surface area contributed by atoms with Gasteiger partial charge in [-0.3, -0.25) is 29.1 Å². The number of pyridine rings is 1. The molecule has 0 aromatic carbocycles. The molecule has 19 heavy (non-hydrogen) atoms. The van der Waals surface area contributed by atoms with Crippen molar-refractivity contribution in [1.29, 1.82) is 0 Å². The third-order valence-corrected chi connectivity index (χ3v) is 2.15. The molecule has 0 unspecified atom stereocenters. The maximum Gasteiger partial charge on any atom is 0.305 e. The van der Waals surface area contributed by atoms with E-state index < -0.39 is 28.9 Å². The Balaban J connectivity index is 2.68. The Morgan fingerprint density at radius 1 is 1.42 bits per heavy atom. The smallest absolute Gasteiger partial charge is 0.305 e. The zero-order chi connectivity index (χ0) is 14.4. The minimum atomic E-state index is -1.06. The maximum absolute atomic E-state index is 11.4. The summed E-state index contributed by atoms with van der Waals surface area (Å²) in [7, 11) is 0. The number of hydrogen-bond donors (Lipinski definition) is 2. The summed E-state index contributed by atoms with van der Waals surface area (Å²) >= 11 is 0. The lowest BCUT2D eigenvalue weighted by Gasteiger charge is -2.05. The van der Waals surface area contributed by atoms with Gasteiger partial charge in [-0.15, -0.1) is 0 Å².